The van der Waals surface area contributed by atoms with Gasteiger partial charge in [0.1, 0.15) is 17.7 Å². The molecule has 2 aliphatic rings. The SMILES string of the molecule is CC1CN(CC(=O)NCC2CCCO2)c2ccc(F)cc2O1. The molecule has 1 amide bonds. The van der Waals surface area contributed by atoms with Gasteiger partial charge in [0, 0.05) is 19.2 Å². The highest BCUT2D eigenvalue weighted by molar-refractivity contribution is 5.82. The lowest BCUT2D eigenvalue weighted by Crippen LogP contribution is -2.45. The van der Waals surface area contributed by atoms with E-state index in [1.807, 2.05) is 11.8 Å². The van der Waals surface area contributed by atoms with E-state index < -0.39 is 0 Å². The third-order valence-corrected chi connectivity index (χ3v) is 3.95. The molecule has 0 aromatic heterocycles. The molecule has 0 aliphatic carbocycles. The molecule has 2 heterocycles. The van der Waals surface area contributed by atoms with Crippen LogP contribution in [0.1, 0.15) is 19.8 Å². The van der Waals surface area contributed by atoms with Crippen molar-refractivity contribution in [2.75, 3.05) is 31.1 Å². The molecular formula is C16H21FN2O3. The van der Waals surface area contributed by atoms with E-state index in [2.05, 4.69) is 5.32 Å². The average molecular weight is 308 g/mol. The Bertz CT molecular complexity index is 546. The van der Waals surface area contributed by atoms with Crippen molar-refractivity contribution in [1.82, 2.24) is 5.32 Å². The topological polar surface area (TPSA) is 50.8 Å². The molecule has 120 valence electrons. The van der Waals surface area contributed by atoms with Crippen molar-refractivity contribution in [2.45, 2.75) is 32.0 Å². The molecule has 1 aromatic carbocycles. The lowest BCUT2D eigenvalue weighted by molar-refractivity contribution is -0.120. The Labute approximate surface area is 129 Å². The second-order valence-electron chi connectivity index (χ2n) is 5.86. The van der Waals surface area contributed by atoms with E-state index in [1.54, 1.807) is 6.07 Å². The summed E-state index contributed by atoms with van der Waals surface area (Å²) in [5, 5.41) is 2.91. The predicted octanol–water partition coefficient (Wildman–Crippen LogP) is 1.71. The average Bonchev–Trinajstić information content (AvgIpc) is 2.97. The first-order chi connectivity index (χ1) is 10.6. The number of nitrogens with one attached hydrogen (secondary N) is 1. The summed E-state index contributed by atoms with van der Waals surface area (Å²) in [5.41, 5.74) is 0.756. The number of amides is 1. The third kappa shape index (κ3) is 3.50. The number of halogens is 1. The van der Waals surface area contributed by atoms with Gasteiger partial charge < -0.3 is 19.7 Å². The number of fused-ring (bicyclic) bond motifs is 1. The molecule has 1 N–H and O–H groups in total. The largest absolute Gasteiger partial charge is 0.487 e. The highest BCUT2D eigenvalue weighted by atomic mass is 19.1. The van der Waals surface area contributed by atoms with Crippen molar-refractivity contribution < 1.29 is 18.7 Å². The summed E-state index contributed by atoms with van der Waals surface area (Å²) >= 11 is 0. The Morgan fingerprint density at radius 1 is 1.50 bits per heavy atom. The number of carbonyl (C=O) groups excluding carboxylic acids is 1. The van der Waals surface area contributed by atoms with Gasteiger partial charge in [0.25, 0.3) is 0 Å². The van der Waals surface area contributed by atoms with Crippen molar-refractivity contribution in [3.05, 3.63) is 24.0 Å². The smallest absolute Gasteiger partial charge is 0.239 e. The van der Waals surface area contributed by atoms with Crippen molar-refractivity contribution in [3.63, 3.8) is 0 Å². The van der Waals surface area contributed by atoms with Crippen LogP contribution in [0.15, 0.2) is 18.2 Å². The van der Waals surface area contributed by atoms with Crippen LogP contribution in [0, 0.1) is 5.82 Å². The minimum absolute atomic E-state index is 0.0557. The number of nitrogens with zero attached hydrogens (tertiary/aromatic N) is 1. The van der Waals surface area contributed by atoms with Gasteiger partial charge in [-0.1, -0.05) is 0 Å². The first kappa shape index (κ1) is 15.1. The van der Waals surface area contributed by atoms with Crippen LogP contribution < -0.4 is 15.0 Å². The molecule has 2 aliphatic heterocycles. The molecule has 3 rings (SSSR count). The van der Waals surface area contributed by atoms with Crippen LogP contribution in [0.3, 0.4) is 0 Å². The molecule has 6 heteroatoms. The number of anilines is 1. The standard InChI is InChI=1S/C16H21FN2O3/c1-11-9-19(14-5-4-12(17)7-15(14)22-11)10-16(20)18-8-13-3-2-6-21-13/h4-5,7,11,13H,2-3,6,8-10H2,1H3,(H,18,20). The molecule has 0 saturated carbocycles. The second kappa shape index (κ2) is 6.52. The fourth-order valence-corrected chi connectivity index (χ4v) is 2.92. The maximum atomic E-state index is 13.3. The summed E-state index contributed by atoms with van der Waals surface area (Å²) < 4.78 is 24.4. The Morgan fingerprint density at radius 2 is 2.36 bits per heavy atom. The quantitative estimate of drug-likeness (QED) is 0.920. The first-order valence-electron chi connectivity index (χ1n) is 7.71. The Balaban J connectivity index is 1.61. The minimum atomic E-state index is -0.337. The predicted molar refractivity (Wildman–Crippen MR) is 80.7 cm³/mol. The van der Waals surface area contributed by atoms with Gasteiger partial charge in [-0.25, -0.2) is 4.39 Å². The normalized spacial score (nSPS) is 23.8. The van der Waals surface area contributed by atoms with Crippen LogP contribution in [0.25, 0.3) is 0 Å². The first-order valence-corrected chi connectivity index (χ1v) is 7.71. The number of benzene rings is 1. The Kier molecular flexibility index (Phi) is 4.47. The van der Waals surface area contributed by atoms with Crippen LogP contribution in [0.4, 0.5) is 10.1 Å². The molecule has 1 saturated heterocycles. The molecule has 2 atom stereocenters. The third-order valence-electron chi connectivity index (χ3n) is 3.95. The van der Waals surface area contributed by atoms with Crippen molar-refractivity contribution in [3.8, 4) is 5.75 Å². The fraction of sp³-hybridized carbons (Fsp3) is 0.562. The van der Waals surface area contributed by atoms with E-state index in [9.17, 15) is 9.18 Å². The van der Waals surface area contributed by atoms with E-state index in [0.717, 1.165) is 25.1 Å². The van der Waals surface area contributed by atoms with Gasteiger partial charge in [-0.05, 0) is 31.9 Å². The maximum absolute atomic E-state index is 13.3. The zero-order chi connectivity index (χ0) is 15.5. The van der Waals surface area contributed by atoms with Crippen molar-refractivity contribution in [1.29, 1.82) is 0 Å². The van der Waals surface area contributed by atoms with E-state index in [1.165, 1.54) is 12.1 Å². The number of carbonyl (C=O) groups is 1. The van der Waals surface area contributed by atoms with Gasteiger partial charge in [0.05, 0.1) is 24.9 Å². The van der Waals surface area contributed by atoms with Crippen LogP contribution in [0.5, 0.6) is 5.75 Å². The molecule has 5 nitrogen and oxygen atoms in total. The molecule has 1 aromatic rings. The lowest BCUT2D eigenvalue weighted by atomic mass is 10.2. The Hall–Kier alpha value is -1.82. The van der Waals surface area contributed by atoms with Crippen LogP contribution in [-0.2, 0) is 9.53 Å². The van der Waals surface area contributed by atoms with Gasteiger partial charge in [-0.3, -0.25) is 4.79 Å². The summed E-state index contributed by atoms with van der Waals surface area (Å²) in [5.74, 6) is 0.0983. The fourth-order valence-electron chi connectivity index (χ4n) is 2.92. The summed E-state index contributed by atoms with van der Waals surface area (Å²) in [6, 6.07) is 4.40. The number of rotatable bonds is 4. The highest BCUT2D eigenvalue weighted by Gasteiger charge is 2.25. The van der Waals surface area contributed by atoms with E-state index in [0.29, 0.717) is 18.8 Å². The number of hydrogen-bond donors (Lipinski definition) is 1. The van der Waals surface area contributed by atoms with Gasteiger partial charge >= 0.3 is 0 Å². The summed E-state index contributed by atoms with van der Waals surface area (Å²) in [6.45, 7) is 4.08. The van der Waals surface area contributed by atoms with Gasteiger partial charge in [0.2, 0.25) is 5.91 Å². The minimum Gasteiger partial charge on any atom is -0.487 e. The van der Waals surface area contributed by atoms with Crippen LogP contribution in [-0.4, -0.2) is 44.4 Å². The molecule has 2 unspecified atom stereocenters. The van der Waals surface area contributed by atoms with Crippen LogP contribution in [0.2, 0.25) is 0 Å². The number of hydrogen-bond acceptors (Lipinski definition) is 4. The Morgan fingerprint density at radius 3 is 3.14 bits per heavy atom. The van der Waals surface area contributed by atoms with E-state index in [-0.39, 0.29) is 30.5 Å². The zero-order valence-corrected chi connectivity index (χ0v) is 12.7. The highest BCUT2D eigenvalue weighted by Crippen LogP contribution is 2.33. The van der Waals surface area contributed by atoms with E-state index >= 15 is 0 Å². The zero-order valence-electron chi connectivity index (χ0n) is 12.7. The summed E-state index contributed by atoms with van der Waals surface area (Å²) in [4.78, 5) is 14.1. The second-order valence-corrected chi connectivity index (χ2v) is 5.86. The van der Waals surface area contributed by atoms with E-state index in [4.69, 9.17) is 9.47 Å². The maximum Gasteiger partial charge on any atom is 0.239 e. The molecule has 0 spiro atoms. The molecule has 0 bridgehead atoms. The van der Waals surface area contributed by atoms with Crippen molar-refractivity contribution in [2.24, 2.45) is 0 Å². The molecule has 22 heavy (non-hydrogen) atoms. The monoisotopic (exact) mass is 308 g/mol. The van der Waals surface area contributed by atoms with Crippen molar-refractivity contribution >= 4 is 11.6 Å². The molecular weight excluding hydrogens is 287 g/mol. The van der Waals surface area contributed by atoms with Gasteiger partial charge in [0.15, 0.2) is 0 Å². The van der Waals surface area contributed by atoms with Crippen LogP contribution >= 0.6 is 0 Å². The van der Waals surface area contributed by atoms with Gasteiger partial charge in [-0.2, -0.15) is 0 Å². The van der Waals surface area contributed by atoms with Gasteiger partial charge in [-0.15, -0.1) is 0 Å². The molecule has 0 radical (unpaired) electrons. The number of ether oxygens (including phenoxy) is 2. The summed E-state index contributed by atoms with van der Waals surface area (Å²) in [6.07, 6.45) is 2.10. The lowest BCUT2D eigenvalue weighted by Gasteiger charge is -2.34. The summed E-state index contributed by atoms with van der Waals surface area (Å²) in [7, 11) is 0. The molecule has 1 fully saturated rings.